The molecule has 0 amide bonds. The van der Waals surface area contributed by atoms with Gasteiger partial charge in [-0.05, 0) is 6.07 Å². The van der Waals surface area contributed by atoms with Crippen molar-refractivity contribution in [2.75, 3.05) is 0 Å². The molecule has 0 atom stereocenters. The van der Waals surface area contributed by atoms with Gasteiger partial charge >= 0.3 is 0 Å². The number of aromatic nitrogens is 1. The van der Waals surface area contributed by atoms with E-state index in [2.05, 4.69) is 0 Å². The van der Waals surface area contributed by atoms with E-state index in [-0.39, 0.29) is 17.0 Å². The maximum atomic E-state index is 10.2. The Balaban J connectivity index is 0.000000810. The lowest BCUT2D eigenvalue weighted by molar-refractivity contribution is -0.672. The van der Waals surface area contributed by atoms with E-state index in [0.29, 0.717) is 5.69 Å². The summed E-state index contributed by atoms with van der Waals surface area (Å²) in [6, 6.07) is 5.49. The van der Waals surface area contributed by atoms with Crippen LogP contribution in [0, 0.1) is 0 Å². The van der Waals surface area contributed by atoms with Gasteiger partial charge in [0, 0.05) is 12.1 Å². The van der Waals surface area contributed by atoms with Crippen LogP contribution in [-0.2, 0) is 7.05 Å². The van der Waals surface area contributed by atoms with Gasteiger partial charge in [-0.15, -0.1) is 0 Å². The van der Waals surface area contributed by atoms with Crippen LogP contribution < -0.4 is 21.5 Å². The van der Waals surface area contributed by atoms with Crippen molar-refractivity contribution in [1.82, 2.24) is 0 Å². The summed E-state index contributed by atoms with van der Waals surface area (Å²) in [4.78, 5) is 10.2. The Labute approximate surface area is 70.3 Å². The summed E-state index contributed by atoms with van der Waals surface area (Å²) in [7, 11) is 1.84. The Morgan fingerprint density at radius 2 is 2.20 bits per heavy atom. The summed E-state index contributed by atoms with van der Waals surface area (Å²) in [5, 5.41) is 0. The average molecular weight is 202 g/mol. The first-order chi connectivity index (χ1) is 4.34. The molecule has 3 heteroatoms. The first-order valence-corrected chi connectivity index (χ1v) is 2.74. The molecular weight excluding hydrogens is 194 g/mol. The van der Waals surface area contributed by atoms with Crippen LogP contribution in [0.25, 0.3) is 0 Å². The number of aryl methyl sites for hydroxylation is 1. The first kappa shape index (κ1) is 9.30. The van der Waals surface area contributed by atoms with Crippen molar-refractivity contribution in [3.05, 3.63) is 30.1 Å². The number of nitrogens with zero attached hydrogens (tertiary/aromatic N) is 1. The molecule has 2 nitrogen and oxygen atoms in total. The number of carbonyl (C=O) groups is 1. The molecule has 0 saturated carbocycles. The van der Waals surface area contributed by atoms with E-state index in [1.165, 1.54) is 0 Å². The highest BCUT2D eigenvalue weighted by Gasteiger charge is 1.98. The summed E-state index contributed by atoms with van der Waals surface area (Å²) < 4.78 is 1.77. The average Bonchev–Trinajstić information content (AvgIpc) is 1.89. The Kier molecular flexibility index (Phi) is 3.88. The van der Waals surface area contributed by atoms with Crippen LogP contribution in [0.1, 0.15) is 10.5 Å². The van der Waals surface area contributed by atoms with Gasteiger partial charge in [0.05, 0.1) is 0 Å². The molecule has 10 heavy (non-hydrogen) atoms. The van der Waals surface area contributed by atoms with Gasteiger partial charge < -0.3 is 17.0 Å². The molecule has 0 aliphatic rings. The molecular formula is C7H8BrNO. The van der Waals surface area contributed by atoms with E-state index in [0.717, 1.165) is 6.29 Å². The van der Waals surface area contributed by atoms with Crippen molar-refractivity contribution < 1.29 is 26.3 Å². The quantitative estimate of drug-likeness (QED) is 0.359. The molecule has 54 valence electrons. The number of hydrogen-bond donors (Lipinski definition) is 0. The Hall–Kier alpha value is -0.700. The monoisotopic (exact) mass is 201 g/mol. The van der Waals surface area contributed by atoms with Gasteiger partial charge in [-0.1, -0.05) is 0 Å². The SMILES string of the molecule is C[n+]1ccccc1C=O.[Br-]. The van der Waals surface area contributed by atoms with E-state index < -0.39 is 0 Å². The van der Waals surface area contributed by atoms with Crippen LogP contribution >= 0.6 is 0 Å². The normalized spacial score (nSPS) is 8.10. The zero-order valence-corrected chi connectivity index (χ0v) is 7.21. The summed E-state index contributed by atoms with van der Waals surface area (Å²) in [5.74, 6) is 0. The predicted molar refractivity (Wildman–Crippen MR) is 33.0 cm³/mol. The molecule has 0 spiro atoms. The molecule has 0 fully saturated rings. The molecule has 1 aromatic heterocycles. The summed E-state index contributed by atoms with van der Waals surface area (Å²) in [6.45, 7) is 0. The third kappa shape index (κ3) is 1.92. The van der Waals surface area contributed by atoms with Gasteiger partial charge in [0.1, 0.15) is 7.05 Å². The topological polar surface area (TPSA) is 20.9 Å². The fourth-order valence-electron chi connectivity index (χ4n) is 0.659. The number of aldehydes is 1. The Bertz CT molecular complexity index is 225. The lowest BCUT2D eigenvalue weighted by Gasteiger charge is -1.86. The fraction of sp³-hybridized carbons (Fsp3) is 0.143. The standard InChI is InChI=1S/C7H8NO.BrH/c1-8-5-3-2-4-7(8)6-9;/h2-6H,1H3;1H/q+1;/p-1. The third-order valence-corrected chi connectivity index (χ3v) is 1.22. The number of carbonyl (C=O) groups excluding carboxylic acids is 1. The second kappa shape index (κ2) is 4.17. The van der Waals surface area contributed by atoms with Gasteiger partial charge in [-0.2, -0.15) is 4.57 Å². The van der Waals surface area contributed by atoms with Crippen LogP contribution in [0.5, 0.6) is 0 Å². The molecule has 1 heterocycles. The number of rotatable bonds is 1. The third-order valence-electron chi connectivity index (χ3n) is 1.22. The molecule has 0 bridgehead atoms. The first-order valence-electron chi connectivity index (χ1n) is 2.74. The molecule has 1 rings (SSSR count). The van der Waals surface area contributed by atoms with Crippen molar-refractivity contribution in [3.63, 3.8) is 0 Å². The van der Waals surface area contributed by atoms with Crippen LogP contribution in [0.3, 0.4) is 0 Å². The zero-order chi connectivity index (χ0) is 6.69. The maximum Gasteiger partial charge on any atom is 0.245 e. The van der Waals surface area contributed by atoms with Crippen molar-refractivity contribution in [3.8, 4) is 0 Å². The van der Waals surface area contributed by atoms with Crippen molar-refractivity contribution in [1.29, 1.82) is 0 Å². The van der Waals surface area contributed by atoms with Crippen molar-refractivity contribution >= 4 is 6.29 Å². The lowest BCUT2D eigenvalue weighted by Crippen LogP contribution is -3.00. The van der Waals surface area contributed by atoms with Crippen LogP contribution in [0.15, 0.2) is 24.4 Å². The Morgan fingerprint density at radius 1 is 1.50 bits per heavy atom. The second-order valence-electron chi connectivity index (χ2n) is 1.85. The summed E-state index contributed by atoms with van der Waals surface area (Å²) in [5.41, 5.74) is 0.692. The van der Waals surface area contributed by atoms with Gasteiger partial charge in [0.2, 0.25) is 12.0 Å². The summed E-state index contributed by atoms with van der Waals surface area (Å²) >= 11 is 0. The highest BCUT2D eigenvalue weighted by atomic mass is 79.9. The molecule has 0 radical (unpaired) electrons. The van der Waals surface area contributed by atoms with Gasteiger partial charge in [0.25, 0.3) is 0 Å². The van der Waals surface area contributed by atoms with Crippen molar-refractivity contribution in [2.24, 2.45) is 7.05 Å². The molecule has 0 aromatic carbocycles. The minimum atomic E-state index is 0. The molecule has 0 N–H and O–H groups in total. The number of hydrogen-bond acceptors (Lipinski definition) is 1. The van der Waals surface area contributed by atoms with E-state index in [4.69, 9.17) is 0 Å². The molecule has 0 saturated heterocycles. The van der Waals surface area contributed by atoms with Crippen LogP contribution in [0.4, 0.5) is 0 Å². The van der Waals surface area contributed by atoms with Crippen LogP contribution in [-0.4, -0.2) is 6.29 Å². The minimum Gasteiger partial charge on any atom is -1.00 e. The molecule has 0 aliphatic heterocycles. The van der Waals surface area contributed by atoms with E-state index >= 15 is 0 Å². The number of pyridine rings is 1. The van der Waals surface area contributed by atoms with Gasteiger partial charge in [-0.25, -0.2) is 0 Å². The molecule has 0 unspecified atom stereocenters. The van der Waals surface area contributed by atoms with Gasteiger partial charge in [-0.3, -0.25) is 4.79 Å². The highest BCUT2D eigenvalue weighted by Crippen LogP contribution is 1.82. The van der Waals surface area contributed by atoms with Gasteiger partial charge in [0.15, 0.2) is 6.20 Å². The molecule has 0 aliphatic carbocycles. The fourth-order valence-corrected chi connectivity index (χ4v) is 0.659. The van der Waals surface area contributed by atoms with Crippen LogP contribution in [0.2, 0.25) is 0 Å². The smallest absolute Gasteiger partial charge is 0.245 e. The van der Waals surface area contributed by atoms with E-state index in [1.807, 2.05) is 25.4 Å². The van der Waals surface area contributed by atoms with E-state index in [9.17, 15) is 4.79 Å². The maximum absolute atomic E-state index is 10.2. The predicted octanol–water partition coefficient (Wildman–Crippen LogP) is -2.67. The Morgan fingerprint density at radius 3 is 2.60 bits per heavy atom. The lowest BCUT2D eigenvalue weighted by atomic mass is 10.4. The minimum absolute atomic E-state index is 0. The number of halogens is 1. The highest BCUT2D eigenvalue weighted by molar-refractivity contribution is 5.69. The summed E-state index contributed by atoms with van der Waals surface area (Å²) in [6.07, 6.45) is 2.67. The molecule has 1 aromatic rings. The zero-order valence-electron chi connectivity index (χ0n) is 5.62. The second-order valence-corrected chi connectivity index (χ2v) is 1.85. The van der Waals surface area contributed by atoms with E-state index in [1.54, 1.807) is 10.6 Å². The van der Waals surface area contributed by atoms with Crippen molar-refractivity contribution in [2.45, 2.75) is 0 Å². The largest absolute Gasteiger partial charge is 1.00 e.